The molecule has 0 bridgehead atoms. The van der Waals surface area contributed by atoms with E-state index in [1.807, 2.05) is 18.4 Å². The third-order valence-corrected chi connectivity index (χ3v) is 4.94. The van der Waals surface area contributed by atoms with Crippen LogP contribution in [0.5, 0.6) is 0 Å². The topological polar surface area (TPSA) is 66.8 Å². The maximum absolute atomic E-state index is 12.5. The predicted octanol–water partition coefficient (Wildman–Crippen LogP) is 2.40. The molecule has 0 radical (unpaired) electrons. The summed E-state index contributed by atoms with van der Waals surface area (Å²) in [4.78, 5) is 27.0. The van der Waals surface area contributed by atoms with Gasteiger partial charge in [-0.05, 0) is 32.3 Å². The van der Waals surface area contributed by atoms with E-state index >= 15 is 0 Å². The molecular weight excluding hydrogens is 290 g/mol. The van der Waals surface area contributed by atoms with Gasteiger partial charge in [0.05, 0.1) is 11.0 Å². The molecule has 1 amide bonds. The number of hydrogen-bond donors (Lipinski definition) is 1. The molecule has 1 fully saturated rings. The van der Waals surface area contributed by atoms with E-state index in [-0.39, 0.29) is 12.5 Å². The second-order valence-corrected chi connectivity index (χ2v) is 6.72. The molecule has 1 atom stereocenters. The minimum Gasteiger partial charge on any atom is -0.481 e. The van der Waals surface area contributed by atoms with Gasteiger partial charge < -0.3 is 14.7 Å². The van der Waals surface area contributed by atoms with Crippen molar-refractivity contribution in [2.24, 2.45) is 5.41 Å². The van der Waals surface area contributed by atoms with E-state index in [4.69, 9.17) is 4.74 Å². The fourth-order valence-corrected chi connectivity index (χ4v) is 3.50. The van der Waals surface area contributed by atoms with Crippen LogP contribution in [-0.2, 0) is 9.53 Å². The van der Waals surface area contributed by atoms with Crippen LogP contribution in [0.15, 0.2) is 11.4 Å². The summed E-state index contributed by atoms with van der Waals surface area (Å²) < 4.78 is 5.04. The van der Waals surface area contributed by atoms with Gasteiger partial charge in [-0.25, -0.2) is 0 Å². The zero-order valence-corrected chi connectivity index (χ0v) is 13.2. The van der Waals surface area contributed by atoms with Gasteiger partial charge in [0.1, 0.15) is 0 Å². The Balaban J connectivity index is 2.14. The fraction of sp³-hybridized carbons (Fsp3) is 0.600. The van der Waals surface area contributed by atoms with Gasteiger partial charge in [0, 0.05) is 37.1 Å². The smallest absolute Gasteiger partial charge is 0.311 e. The molecule has 1 aromatic heterocycles. The van der Waals surface area contributed by atoms with Crippen LogP contribution in [0.1, 0.15) is 34.5 Å². The highest BCUT2D eigenvalue weighted by molar-refractivity contribution is 7.10. The number of carbonyl (C=O) groups excluding carboxylic acids is 1. The molecule has 6 heteroatoms. The number of piperidine rings is 1. The quantitative estimate of drug-likeness (QED) is 0.907. The lowest BCUT2D eigenvalue weighted by Gasteiger charge is -2.39. The molecule has 1 aliphatic rings. The first-order valence-electron chi connectivity index (χ1n) is 7.05. The van der Waals surface area contributed by atoms with Gasteiger partial charge >= 0.3 is 5.97 Å². The number of aryl methyl sites for hydroxylation is 1. The average molecular weight is 311 g/mol. The molecule has 0 spiro atoms. The van der Waals surface area contributed by atoms with Gasteiger partial charge in [-0.1, -0.05) is 0 Å². The van der Waals surface area contributed by atoms with Crippen molar-refractivity contribution >= 4 is 23.2 Å². The lowest BCUT2D eigenvalue weighted by molar-refractivity contribution is -0.153. The second-order valence-electron chi connectivity index (χ2n) is 5.60. The summed E-state index contributed by atoms with van der Waals surface area (Å²) in [5.74, 6) is -0.902. The highest BCUT2D eigenvalue weighted by atomic mass is 32.1. The van der Waals surface area contributed by atoms with E-state index in [0.717, 1.165) is 4.88 Å². The summed E-state index contributed by atoms with van der Waals surface area (Å²) in [5.41, 5.74) is -0.222. The number of carboxylic acids is 1. The molecule has 5 nitrogen and oxygen atoms in total. The number of amides is 1. The molecule has 2 heterocycles. The van der Waals surface area contributed by atoms with Crippen LogP contribution in [-0.4, -0.2) is 48.7 Å². The first-order valence-corrected chi connectivity index (χ1v) is 7.93. The zero-order valence-electron chi connectivity index (χ0n) is 12.4. The van der Waals surface area contributed by atoms with Crippen LogP contribution in [0.3, 0.4) is 0 Å². The molecule has 116 valence electrons. The Morgan fingerprint density at radius 1 is 1.52 bits per heavy atom. The van der Waals surface area contributed by atoms with Gasteiger partial charge in [-0.2, -0.15) is 0 Å². The molecule has 0 aliphatic carbocycles. The number of ether oxygens (including phenoxy) is 1. The summed E-state index contributed by atoms with van der Waals surface area (Å²) in [7, 11) is 1.56. The van der Waals surface area contributed by atoms with E-state index in [1.54, 1.807) is 12.0 Å². The van der Waals surface area contributed by atoms with Gasteiger partial charge in [0.2, 0.25) is 0 Å². The normalized spacial score (nSPS) is 22.3. The maximum atomic E-state index is 12.5. The van der Waals surface area contributed by atoms with Crippen molar-refractivity contribution in [3.8, 4) is 0 Å². The monoisotopic (exact) mass is 311 g/mol. The van der Waals surface area contributed by atoms with E-state index in [1.165, 1.54) is 11.3 Å². The van der Waals surface area contributed by atoms with Crippen LogP contribution < -0.4 is 0 Å². The van der Waals surface area contributed by atoms with E-state index in [9.17, 15) is 14.7 Å². The number of nitrogens with zero attached hydrogens (tertiary/aromatic N) is 1. The van der Waals surface area contributed by atoms with Crippen molar-refractivity contribution in [1.29, 1.82) is 0 Å². The third kappa shape index (κ3) is 3.44. The Hall–Kier alpha value is -1.40. The Bertz CT molecular complexity index is 527. The Morgan fingerprint density at radius 3 is 2.86 bits per heavy atom. The van der Waals surface area contributed by atoms with E-state index < -0.39 is 11.4 Å². The molecule has 0 saturated carbocycles. The van der Waals surface area contributed by atoms with E-state index in [2.05, 4.69) is 0 Å². The molecule has 1 aromatic rings. The molecule has 0 aromatic carbocycles. The minimum absolute atomic E-state index is 0.0675. The lowest BCUT2D eigenvalue weighted by atomic mass is 9.77. The first-order chi connectivity index (χ1) is 9.98. The van der Waals surface area contributed by atoms with Crippen molar-refractivity contribution in [2.45, 2.75) is 26.2 Å². The predicted molar refractivity (Wildman–Crippen MR) is 80.8 cm³/mol. The van der Waals surface area contributed by atoms with Gasteiger partial charge in [-0.15, -0.1) is 11.3 Å². The van der Waals surface area contributed by atoms with Crippen molar-refractivity contribution in [2.75, 3.05) is 26.8 Å². The SMILES string of the molecule is COCC[C@@]1(C(=O)O)CCCN(C(=O)c2csc(C)c2)C1. The van der Waals surface area contributed by atoms with Gasteiger partial charge in [0.25, 0.3) is 5.91 Å². The third-order valence-electron chi connectivity index (χ3n) is 4.08. The van der Waals surface area contributed by atoms with Crippen molar-refractivity contribution in [1.82, 2.24) is 4.90 Å². The van der Waals surface area contributed by atoms with Gasteiger partial charge in [0.15, 0.2) is 0 Å². The zero-order chi connectivity index (χ0) is 15.5. The highest BCUT2D eigenvalue weighted by Crippen LogP contribution is 2.34. The van der Waals surface area contributed by atoms with E-state index in [0.29, 0.717) is 38.0 Å². The molecular formula is C15H21NO4S. The first kappa shape index (κ1) is 16.0. The minimum atomic E-state index is -0.880. The molecule has 21 heavy (non-hydrogen) atoms. The van der Waals surface area contributed by atoms with Crippen LogP contribution in [0, 0.1) is 12.3 Å². The number of rotatable bonds is 5. The summed E-state index contributed by atoms with van der Waals surface area (Å²) in [6.45, 7) is 3.23. The Labute approximate surface area is 128 Å². The summed E-state index contributed by atoms with van der Waals surface area (Å²) >= 11 is 1.53. The maximum Gasteiger partial charge on any atom is 0.311 e. The van der Waals surface area contributed by atoms with Crippen LogP contribution >= 0.6 is 11.3 Å². The van der Waals surface area contributed by atoms with Crippen molar-refractivity contribution < 1.29 is 19.4 Å². The number of likely N-dealkylation sites (tertiary alicyclic amines) is 1. The van der Waals surface area contributed by atoms with Crippen LogP contribution in [0.2, 0.25) is 0 Å². The number of methoxy groups -OCH3 is 1. The van der Waals surface area contributed by atoms with Crippen LogP contribution in [0.25, 0.3) is 0 Å². The van der Waals surface area contributed by atoms with Crippen molar-refractivity contribution in [3.63, 3.8) is 0 Å². The number of hydrogen-bond acceptors (Lipinski definition) is 4. The molecule has 1 saturated heterocycles. The lowest BCUT2D eigenvalue weighted by Crippen LogP contribution is -2.50. The molecule has 0 unspecified atom stereocenters. The van der Waals surface area contributed by atoms with Crippen molar-refractivity contribution in [3.05, 3.63) is 21.9 Å². The largest absolute Gasteiger partial charge is 0.481 e. The highest BCUT2D eigenvalue weighted by Gasteiger charge is 2.43. The average Bonchev–Trinajstić information content (AvgIpc) is 2.91. The summed E-state index contributed by atoms with van der Waals surface area (Å²) in [6.07, 6.45) is 1.74. The Kier molecular flexibility index (Phi) is 5.00. The number of thiophene rings is 1. The number of carbonyl (C=O) groups is 2. The van der Waals surface area contributed by atoms with Crippen LogP contribution in [0.4, 0.5) is 0 Å². The Morgan fingerprint density at radius 2 is 2.29 bits per heavy atom. The number of carboxylic acid groups (broad SMARTS) is 1. The molecule has 2 rings (SSSR count). The van der Waals surface area contributed by atoms with Gasteiger partial charge in [-0.3, -0.25) is 9.59 Å². The fourth-order valence-electron chi connectivity index (χ4n) is 2.83. The summed E-state index contributed by atoms with van der Waals surface area (Å²) in [5, 5.41) is 11.4. The summed E-state index contributed by atoms with van der Waals surface area (Å²) in [6, 6.07) is 1.86. The standard InChI is InChI=1S/C15H21NO4S/c1-11-8-12(9-21-11)13(17)16-6-3-4-15(10-16,14(18)19)5-7-20-2/h8-9H,3-7,10H2,1-2H3,(H,18,19)/t15-/m0/s1. The second kappa shape index (κ2) is 6.58. The molecule has 1 aliphatic heterocycles. The molecule has 1 N–H and O–H groups in total. The number of aliphatic carboxylic acids is 1.